The summed E-state index contributed by atoms with van der Waals surface area (Å²) >= 11 is 0. The SMILES string of the molecule is C=C(C(=O)OC)c1ccc(C2CCCCC2)cc1. The fourth-order valence-electron chi connectivity index (χ4n) is 2.63. The molecule has 1 aliphatic carbocycles. The zero-order valence-corrected chi connectivity index (χ0v) is 10.9. The molecule has 0 saturated heterocycles. The van der Waals surface area contributed by atoms with Crippen molar-refractivity contribution in [3.05, 3.63) is 42.0 Å². The molecule has 0 bridgehead atoms. The van der Waals surface area contributed by atoms with Crippen molar-refractivity contribution in [3.63, 3.8) is 0 Å². The second-order valence-electron chi connectivity index (χ2n) is 4.93. The lowest BCUT2D eigenvalue weighted by Gasteiger charge is -2.22. The molecule has 0 N–H and O–H groups in total. The number of hydrogen-bond donors (Lipinski definition) is 0. The van der Waals surface area contributed by atoms with Crippen LogP contribution in [0.4, 0.5) is 0 Å². The van der Waals surface area contributed by atoms with Crippen LogP contribution in [0.15, 0.2) is 30.8 Å². The van der Waals surface area contributed by atoms with Gasteiger partial charge in [-0.3, -0.25) is 0 Å². The van der Waals surface area contributed by atoms with Gasteiger partial charge in [0, 0.05) is 0 Å². The molecular weight excluding hydrogens is 224 g/mol. The van der Waals surface area contributed by atoms with Crippen molar-refractivity contribution >= 4 is 11.5 Å². The number of methoxy groups -OCH3 is 1. The third kappa shape index (κ3) is 2.81. The van der Waals surface area contributed by atoms with Crippen LogP contribution in [0.3, 0.4) is 0 Å². The summed E-state index contributed by atoms with van der Waals surface area (Å²) in [6, 6.07) is 8.20. The minimum atomic E-state index is -0.361. The zero-order chi connectivity index (χ0) is 13.0. The second-order valence-corrected chi connectivity index (χ2v) is 4.93. The van der Waals surface area contributed by atoms with Gasteiger partial charge in [0.2, 0.25) is 0 Å². The number of hydrogen-bond acceptors (Lipinski definition) is 2. The lowest BCUT2D eigenvalue weighted by atomic mass is 9.84. The average Bonchev–Trinajstić information content (AvgIpc) is 2.47. The summed E-state index contributed by atoms with van der Waals surface area (Å²) in [6.45, 7) is 3.76. The van der Waals surface area contributed by atoms with Gasteiger partial charge in [-0.1, -0.05) is 50.1 Å². The maximum Gasteiger partial charge on any atom is 0.337 e. The molecule has 1 aliphatic rings. The molecule has 18 heavy (non-hydrogen) atoms. The van der Waals surface area contributed by atoms with E-state index in [0.717, 1.165) is 5.56 Å². The second kappa shape index (κ2) is 5.85. The minimum Gasteiger partial charge on any atom is -0.465 e. The van der Waals surface area contributed by atoms with Crippen molar-refractivity contribution in [2.45, 2.75) is 38.0 Å². The van der Waals surface area contributed by atoms with E-state index in [2.05, 4.69) is 23.4 Å². The van der Waals surface area contributed by atoms with E-state index >= 15 is 0 Å². The Morgan fingerprint density at radius 3 is 2.33 bits per heavy atom. The molecule has 0 spiro atoms. The third-order valence-electron chi connectivity index (χ3n) is 3.77. The van der Waals surface area contributed by atoms with E-state index in [9.17, 15) is 4.79 Å². The molecule has 1 aromatic rings. The van der Waals surface area contributed by atoms with Crippen molar-refractivity contribution in [1.29, 1.82) is 0 Å². The fourth-order valence-corrected chi connectivity index (χ4v) is 2.63. The van der Waals surface area contributed by atoms with Gasteiger partial charge in [0.15, 0.2) is 0 Å². The Morgan fingerprint density at radius 2 is 1.78 bits per heavy atom. The molecule has 0 heterocycles. The summed E-state index contributed by atoms with van der Waals surface area (Å²) in [4.78, 5) is 11.4. The molecule has 2 heteroatoms. The van der Waals surface area contributed by atoms with Crippen LogP contribution in [0, 0.1) is 0 Å². The van der Waals surface area contributed by atoms with Gasteiger partial charge in [0.05, 0.1) is 12.7 Å². The number of esters is 1. The van der Waals surface area contributed by atoms with Crippen LogP contribution in [-0.4, -0.2) is 13.1 Å². The van der Waals surface area contributed by atoms with Crippen LogP contribution in [0.5, 0.6) is 0 Å². The Kier molecular flexibility index (Phi) is 4.19. The highest BCUT2D eigenvalue weighted by atomic mass is 16.5. The number of carbonyl (C=O) groups excluding carboxylic acids is 1. The van der Waals surface area contributed by atoms with Gasteiger partial charge >= 0.3 is 5.97 Å². The molecule has 0 amide bonds. The number of carbonyl (C=O) groups is 1. The largest absolute Gasteiger partial charge is 0.465 e. The van der Waals surface area contributed by atoms with Crippen LogP contribution in [0.2, 0.25) is 0 Å². The molecule has 0 unspecified atom stereocenters. The van der Waals surface area contributed by atoms with Crippen LogP contribution in [0.25, 0.3) is 5.57 Å². The summed E-state index contributed by atoms with van der Waals surface area (Å²) in [5.74, 6) is 0.333. The smallest absolute Gasteiger partial charge is 0.337 e. The molecule has 96 valence electrons. The molecular formula is C16H20O2. The fraction of sp³-hybridized carbons (Fsp3) is 0.438. The van der Waals surface area contributed by atoms with E-state index in [1.807, 2.05) is 12.1 Å². The van der Waals surface area contributed by atoms with Gasteiger partial charge in [-0.15, -0.1) is 0 Å². The average molecular weight is 244 g/mol. The molecule has 0 aliphatic heterocycles. The van der Waals surface area contributed by atoms with E-state index < -0.39 is 0 Å². The summed E-state index contributed by atoms with van der Waals surface area (Å²) in [6.07, 6.45) is 6.62. The predicted octanol–water partition coefficient (Wildman–Crippen LogP) is 3.92. The van der Waals surface area contributed by atoms with E-state index in [4.69, 9.17) is 0 Å². The van der Waals surface area contributed by atoms with E-state index in [1.54, 1.807) is 0 Å². The first kappa shape index (κ1) is 12.9. The molecule has 0 radical (unpaired) electrons. The number of rotatable bonds is 3. The van der Waals surface area contributed by atoms with Crippen LogP contribution in [0.1, 0.15) is 49.1 Å². The first-order valence-electron chi connectivity index (χ1n) is 6.60. The van der Waals surface area contributed by atoms with Gasteiger partial charge in [-0.05, 0) is 29.9 Å². The quantitative estimate of drug-likeness (QED) is 0.595. The van der Waals surface area contributed by atoms with Crippen molar-refractivity contribution in [2.24, 2.45) is 0 Å². The van der Waals surface area contributed by atoms with Crippen LogP contribution >= 0.6 is 0 Å². The van der Waals surface area contributed by atoms with Crippen molar-refractivity contribution in [2.75, 3.05) is 7.11 Å². The number of benzene rings is 1. The monoisotopic (exact) mass is 244 g/mol. The van der Waals surface area contributed by atoms with Gasteiger partial charge in [0.1, 0.15) is 0 Å². The summed E-state index contributed by atoms with van der Waals surface area (Å²) in [7, 11) is 1.38. The Bertz CT molecular complexity index is 425. The number of ether oxygens (including phenoxy) is 1. The molecule has 0 atom stereocenters. The van der Waals surface area contributed by atoms with Crippen molar-refractivity contribution < 1.29 is 9.53 Å². The standard InChI is InChI=1S/C16H20O2/c1-12(16(17)18-2)13-8-10-15(11-9-13)14-6-4-3-5-7-14/h8-11,14H,1,3-7H2,2H3. The highest BCUT2D eigenvalue weighted by Crippen LogP contribution is 2.32. The first-order chi connectivity index (χ1) is 8.72. The summed E-state index contributed by atoms with van der Waals surface area (Å²) in [5, 5.41) is 0. The molecule has 1 fully saturated rings. The Labute approximate surface area is 109 Å². The van der Waals surface area contributed by atoms with E-state index in [1.165, 1.54) is 44.8 Å². The van der Waals surface area contributed by atoms with Gasteiger partial charge < -0.3 is 4.74 Å². The molecule has 2 rings (SSSR count). The van der Waals surface area contributed by atoms with Gasteiger partial charge in [0.25, 0.3) is 0 Å². The molecule has 0 aromatic heterocycles. The van der Waals surface area contributed by atoms with Crippen LogP contribution < -0.4 is 0 Å². The van der Waals surface area contributed by atoms with Gasteiger partial charge in [-0.2, -0.15) is 0 Å². The van der Waals surface area contributed by atoms with Crippen LogP contribution in [-0.2, 0) is 9.53 Å². The maximum absolute atomic E-state index is 11.4. The third-order valence-corrected chi connectivity index (χ3v) is 3.77. The highest BCUT2D eigenvalue weighted by Gasteiger charge is 2.16. The first-order valence-corrected chi connectivity index (χ1v) is 6.60. The van der Waals surface area contributed by atoms with E-state index in [0.29, 0.717) is 11.5 Å². The van der Waals surface area contributed by atoms with E-state index in [-0.39, 0.29) is 5.97 Å². The molecule has 1 aromatic carbocycles. The molecule has 1 saturated carbocycles. The summed E-state index contributed by atoms with van der Waals surface area (Å²) < 4.78 is 4.67. The summed E-state index contributed by atoms with van der Waals surface area (Å²) in [5.41, 5.74) is 2.66. The maximum atomic E-state index is 11.4. The Morgan fingerprint density at radius 1 is 1.17 bits per heavy atom. The van der Waals surface area contributed by atoms with Gasteiger partial charge in [-0.25, -0.2) is 4.79 Å². The lowest BCUT2D eigenvalue weighted by molar-refractivity contribution is -0.133. The molecule has 2 nitrogen and oxygen atoms in total. The normalized spacial score (nSPS) is 16.3. The van der Waals surface area contributed by atoms with Crippen molar-refractivity contribution in [1.82, 2.24) is 0 Å². The Balaban J connectivity index is 2.09. The zero-order valence-electron chi connectivity index (χ0n) is 10.9. The lowest BCUT2D eigenvalue weighted by Crippen LogP contribution is -2.05. The predicted molar refractivity (Wildman–Crippen MR) is 73.3 cm³/mol. The van der Waals surface area contributed by atoms with Crippen molar-refractivity contribution in [3.8, 4) is 0 Å². The minimum absolute atomic E-state index is 0.361. The highest BCUT2D eigenvalue weighted by molar-refractivity contribution is 6.15. The Hall–Kier alpha value is -1.57. The topological polar surface area (TPSA) is 26.3 Å².